The van der Waals surface area contributed by atoms with Crippen molar-refractivity contribution in [2.45, 2.75) is 6.92 Å². The zero-order valence-corrected chi connectivity index (χ0v) is 11.4. The van der Waals surface area contributed by atoms with Crippen molar-refractivity contribution in [1.82, 2.24) is 9.36 Å². The molecule has 80 valence electrons. The lowest BCUT2D eigenvalue weighted by Gasteiger charge is -1.89. The zero-order chi connectivity index (χ0) is 11.1. The van der Waals surface area contributed by atoms with E-state index >= 15 is 0 Å². The maximum absolute atomic E-state index is 5.73. The Morgan fingerprint density at radius 2 is 2.19 bits per heavy atom. The number of aryl methyl sites for hydroxylation is 1. The van der Waals surface area contributed by atoms with Crippen molar-refractivity contribution in [3.8, 4) is 10.8 Å². The van der Waals surface area contributed by atoms with Crippen LogP contribution in [-0.4, -0.2) is 9.36 Å². The normalized spacial score (nSPS) is 11.1. The van der Waals surface area contributed by atoms with Gasteiger partial charge in [-0.25, -0.2) is 4.98 Å². The summed E-state index contributed by atoms with van der Waals surface area (Å²) in [5.41, 5.74) is 2.12. The Hall–Kier alpha value is -0.950. The molecule has 5 heteroatoms. The SMILES string of the molecule is Cc1ccc2oc(-c3nc(I)ns3)cc2c1. The van der Waals surface area contributed by atoms with Crippen LogP contribution in [0.2, 0.25) is 0 Å². The van der Waals surface area contributed by atoms with Crippen molar-refractivity contribution < 1.29 is 4.42 Å². The highest BCUT2D eigenvalue weighted by atomic mass is 127. The van der Waals surface area contributed by atoms with E-state index in [1.807, 2.05) is 18.2 Å². The standard InChI is InChI=1S/C11H7IN2OS/c1-6-2-3-8-7(4-6)5-9(15-8)10-13-11(12)14-16-10/h2-5H,1H3. The first-order chi connectivity index (χ1) is 7.72. The van der Waals surface area contributed by atoms with Gasteiger partial charge in [0.15, 0.2) is 10.8 Å². The summed E-state index contributed by atoms with van der Waals surface area (Å²) in [6.45, 7) is 2.07. The van der Waals surface area contributed by atoms with E-state index in [9.17, 15) is 0 Å². The smallest absolute Gasteiger partial charge is 0.203 e. The van der Waals surface area contributed by atoms with E-state index in [1.54, 1.807) is 0 Å². The molecule has 0 unspecified atom stereocenters. The average molecular weight is 342 g/mol. The minimum absolute atomic E-state index is 0.759. The van der Waals surface area contributed by atoms with Crippen LogP contribution in [0.3, 0.4) is 0 Å². The minimum atomic E-state index is 0.759. The first kappa shape index (κ1) is 10.2. The van der Waals surface area contributed by atoms with E-state index in [0.717, 1.165) is 25.6 Å². The Morgan fingerprint density at radius 3 is 2.94 bits per heavy atom. The summed E-state index contributed by atoms with van der Waals surface area (Å²) in [4.78, 5) is 4.30. The molecule has 2 heterocycles. The number of hydrogen-bond donors (Lipinski definition) is 0. The monoisotopic (exact) mass is 342 g/mol. The number of furan rings is 1. The van der Waals surface area contributed by atoms with Crippen LogP contribution in [0.1, 0.15) is 5.56 Å². The molecule has 3 rings (SSSR count). The van der Waals surface area contributed by atoms with E-state index in [1.165, 1.54) is 17.1 Å². The van der Waals surface area contributed by atoms with Crippen LogP contribution in [0.25, 0.3) is 21.7 Å². The lowest BCUT2D eigenvalue weighted by Crippen LogP contribution is -1.72. The Balaban J connectivity index is 2.18. The van der Waals surface area contributed by atoms with E-state index in [4.69, 9.17) is 4.42 Å². The molecular weight excluding hydrogens is 335 g/mol. The third kappa shape index (κ3) is 1.73. The minimum Gasteiger partial charge on any atom is -0.453 e. The molecule has 2 aromatic heterocycles. The van der Waals surface area contributed by atoms with Crippen LogP contribution < -0.4 is 0 Å². The predicted molar refractivity (Wildman–Crippen MR) is 72.6 cm³/mol. The van der Waals surface area contributed by atoms with Gasteiger partial charge in [-0.2, -0.15) is 4.37 Å². The van der Waals surface area contributed by atoms with Crippen molar-refractivity contribution >= 4 is 45.1 Å². The largest absolute Gasteiger partial charge is 0.453 e. The van der Waals surface area contributed by atoms with Gasteiger partial charge in [-0.3, -0.25) is 0 Å². The summed E-state index contributed by atoms with van der Waals surface area (Å²) in [6.07, 6.45) is 0. The Kier molecular flexibility index (Phi) is 2.44. The first-order valence-electron chi connectivity index (χ1n) is 4.72. The molecule has 3 nitrogen and oxygen atoms in total. The van der Waals surface area contributed by atoms with Crippen LogP contribution in [-0.2, 0) is 0 Å². The molecule has 0 aliphatic carbocycles. The maximum atomic E-state index is 5.73. The summed E-state index contributed by atoms with van der Waals surface area (Å²) in [5, 5.41) is 1.94. The van der Waals surface area contributed by atoms with Crippen LogP contribution in [0, 0.1) is 10.8 Å². The van der Waals surface area contributed by atoms with Crippen LogP contribution in [0.15, 0.2) is 28.7 Å². The molecule has 0 fully saturated rings. The predicted octanol–water partition coefficient (Wildman–Crippen LogP) is 3.86. The number of halogens is 1. The summed E-state index contributed by atoms with van der Waals surface area (Å²) in [5.74, 6) is 0.793. The van der Waals surface area contributed by atoms with Crippen LogP contribution >= 0.6 is 34.1 Å². The third-order valence-electron chi connectivity index (χ3n) is 2.28. The van der Waals surface area contributed by atoms with Gasteiger partial charge in [0, 0.05) is 28.0 Å². The van der Waals surface area contributed by atoms with E-state index in [-0.39, 0.29) is 0 Å². The molecular formula is C11H7IN2OS. The summed E-state index contributed by atoms with van der Waals surface area (Å²) in [7, 11) is 0. The van der Waals surface area contributed by atoms with Gasteiger partial charge in [0.1, 0.15) is 5.58 Å². The van der Waals surface area contributed by atoms with Gasteiger partial charge < -0.3 is 4.42 Å². The van der Waals surface area contributed by atoms with E-state index in [0.29, 0.717) is 0 Å². The molecule has 0 spiro atoms. The quantitative estimate of drug-likeness (QED) is 0.631. The maximum Gasteiger partial charge on any atom is 0.203 e. The lowest BCUT2D eigenvalue weighted by molar-refractivity contribution is 0.630. The topological polar surface area (TPSA) is 38.9 Å². The van der Waals surface area contributed by atoms with Gasteiger partial charge in [-0.1, -0.05) is 11.6 Å². The Morgan fingerprint density at radius 1 is 1.31 bits per heavy atom. The highest BCUT2D eigenvalue weighted by Crippen LogP contribution is 2.29. The molecule has 0 bridgehead atoms. The zero-order valence-electron chi connectivity index (χ0n) is 8.40. The first-order valence-corrected chi connectivity index (χ1v) is 6.57. The molecule has 0 aliphatic heterocycles. The van der Waals surface area contributed by atoms with Gasteiger partial charge >= 0.3 is 0 Å². The third-order valence-corrected chi connectivity index (χ3v) is 3.82. The van der Waals surface area contributed by atoms with E-state index in [2.05, 4.69) is 44.9 Å². The Labute approximate surface area is 110 Å². The van der Waals surface area contributed by atoms with E-state index < -0.39 is 0 Å². The second kappa shape index (κ2) is 3.81. The molecule has 0 aliphatic rings. The van der Waals surface area contributed by atoms with Crippen molar-refractivity contribution in [1.29, 1.82) is 0 Å². The summed E-state index contributed by atoms with van der Waals surface area (Å²) >= 11 is 3.46. The fraction of sp³-hybridized carbons (Fsp3) is 0.0909. The number of aromatic nitrogens is 2. The number of fused-ring (bicyclic) bond motifs is 1. The highest BCUT2D eigenvalue weighted by molar-refractivity contribution is 14.1. The van der Waals surface area contributed by atoms with Crippen LogP contribution in [0.5, 0.6) is 0 Å². The molecule has 0 amide bonds. The summed E-state index contributed by atoms with van der Waals surface area (Å²) in [6, 6.07) is 8.15. The van der Waals surface area contributed by atoms with Crippen molar-refractivity contribution in [2.75, 3.05) is 0 Å². The summed E-state index contributed by atoms with van der Waals surface area (Å²) < 4.78 is 10.6. The number of rotatable bonds is 1. The molecule has 0 radical (unpaired) electrons. The fourth-order valence-corrected chi connectivity index (χ4v) is 2.79. The number of hydrogen-bond acceptors (Lipinski definition) is 4. The molecule has 16 heavy (non-hydrogen) atoms. The van der Waals surface area contributed by atoms with Gasteiger partial charge in [0.2, 0.25) is 3.83 Å². The van der Waals surface area contributed by atoms with Gasteiger partial charge in [-0.15, -0.1) is 0 Å². The second-order valence-electron chi connectivity index (χ2n) is 3.52. The van der Waals surface area contributed by atoms with Crippen LogP contribution in [0.4, 0.5) is 0 Å². The number of benzene rings is 1. The molecule has 3 aromatic rings. The molecule has 0 atom stereocenters. The molecule has 0 saturated carbocycles. The fourth-order valence-electron chi connectivity index (χ4n) is 1.57. The van der Waals surface area contributed by atoms with Gasteiger partial charge in [0.05, 0.1) is 0 Å². The lowest BCUT2D eigenvalue weighted by atomic mass is 10.2. The van der Waals surface area contributed by atoms with Crippen molar-refractivity contribution in [3.05, 3.63) is 33.7 Å². The van der Waals surface area contributed by atoms with Gasteiger partial charge in [-0.05, 0) is 36.7 Å². The molecule has 0 saturated heterocycles. The second-order valence-corrected chi connectivity index (χ2v) is 5.24. The van der Waals surface area contributed by atoms with Gasteiger partial charge in [0.25, 0.3) is 0 Å². The van der Waals surface area contributed by atoms with Crippen molar-refractivity contribution in [2.24, 2.45) is 0 Å². The highest BCUT2D eigenvalue weighted by Gasteiger charge is 2.10. The average Bonchev–Trinajstić information content (AvgIpc) is 2.83. The Bertz CT molecular complexity index is 659. The van der Waals surface area contributed by atoms with Crippen molar-refractivity contribution in [3.63, 3.8) is 0 Å². The molecule has 1 aromatic carbocycles. The number of nitrogens with zero attached hydrogens (tertiary/aromatic N) is 2. The molecule has 0 N–H and O–H groups in total.